The van der Waals surface area contributed by atoms with Crippen LogP contribution in [0.3, 0.4) is 0 Å². The molecule has 1 saturated heterocycles. The van der Waals surface area contributed by atoms with Crippen LogP contribution in [0, 0.1) is 11.8 Å². The zero-order valence-electron chi connectivity index (χ0n) is 20.0. The number of aliphatic hydroxyl groups is 2. The predicted molar refractivity (Wildman–Crippen MR) is 139 cm³/mol. The quantitative estimate of drug-likeness (QED) is 0.112. The molecule has 6 heteroatoms. The molecule has 0 aromatic heterocycles. The topological polar surface area (TPSA) is 66.8 Å². The number of hydrogen-bond acceptors (Lipinski definition) is 6. The van der Waals surface area contributed by atoms with E-state index in [1.807, 2.05) is 48.4 Å². The summed E-state index contributed by atoms with van der Waals surface area (Å²) in [5, 5.41) is 21.9. The van der Waals surface area contributed by atoms with Gasteiger partial charge in [0.25, 0.3) is 0 Å². The van der Waals surface area contributed by atoms with Crippen LogP contribution in [-0.4, -0.2) is 45.1 Å². The van der Waals surface area contributed by atoms with Gasteiger partial charge < -0.3 is 14.9 Å². The van der Waals surface area contributed by atoms with Crippen LogP contribution in [0.2, 0.25) is 0 Å². The third-order valence-corrected chi connectivity index (χ3v) is 9.35. The van der Waals surface area contributed by atoms with Gasteiger partial charge in [-0.2, -0.15) is 11.8 Å². The second-order valence-electron chi connectivity index (χ2n) is 9.42. The van der Waals surface area contributed by atoms with E-state index in [1.54, 1.807) is 11.8 Å². The van der Waals surface area contributed by atoms with E-state index in [0.717, 1.165) is 62.7 Å². The molecule has 1 aromatic carbocycles. The molecular formula is C27H40O4S2. The maximum Gasteiger partial charge on any atom is 0.311 e. The predicted octanol–water partition coefficient (Wildman–Crippen LogP) is 6.24. The Hall–Kier alpha value is -0.950. The molecule has 1 aliphatic heterocycles. The number of aliphatic hydroxyl groups excluding tert-OH is 2. The molecule has 2 fully saturated rings. The monoisotopic (exact) mass is 492 g/mol. The number of carbonyl (C=O) groups excluding carboxylic acids is 1. The van der Waals surface area contributed by atoms with Gasteiger partial charge in [-0.3, -0.25) is 4.79 Å². The van der Waals surface area contributed by atoms with Crippen LogP contribution in [0.5, 0.6) is 5.75 Å². The number of hydrogen-bond donors (Lipinski definition) is 2. The highest BCUT2D eigenvalue weighted by Crippen LogP contribution is 2.52. The summed E-state index contributed by atoms with van der Waals surface area (Å²) < 4.78 is 5.44. The summed E-state index contributed by atoms with van der Waals surface area (Å²) in [6, 6.07) is 7.63. The molecule has 33 heavy (non-hydrogen) atoms. The molecule has 1 aliphatic carbocycles. The Kier molecular flexibility index (Phi) is 11.2. The van der Waals surface area contributed by atoms with Gasteiger partial charge in [-0.25, -0.2) is 0 Å². The zero-order chi connectivity index (χ0) is 23.6. The fourth-order valence-corrected chi connectivity index (χ4v) is 7.40. The van der Waals surface area contributed by atoms with Crippen molar-refractivity contribution in [3.63, 3.8) is 0 Å². The van der Waals surface area contributed by atoms with E-state index in [1.165, 1.54) is 0 Å². The van der Waals surface area contributed by atoms with Crippen LogP contribution in [0.4, 0.5) is 0 Å². The third-order valence-electron chi connectivity index (χ3n) is 6.90. The van der Waals surface area contributed by atoms with Crippen LogP contribution in [0.25, 0.3) is 0 Å². The van der Waals surface area contributed by atoms with Crippen molar-refractivity contribution in [3.05, 3.63) is 36.4 Å². The van der Waals surface area contributed by atoms with Gasteiger partial charge in [0.15, 0.2) is 0 Å². The number of unbranched alkanes of at least 4 members (excludes halogenated alkanes) is 3. The molecule has 4 nitrogen and oxygen atoms in total. The lowest BCUT2D eigenvalue weighted by molar-refractivity contribution is -0.134. The lowest BCUT2D eigenvalue weighted by atomic mass is 9.89. The molecule has 1 heterocycles. The summed E-state index contributed by atoms with van der Waals surface area (Å²) in [6.07, 6.45) is 15.0. The van der Waals surface area contributed by atoms with Crippen LogP contribution in [0.1, 0.15) is 71.1 Å². The van der Waals surface area contributed by atoms with E-state index < -0.39 is 6.10 Å². The van der Waals surface area contributed by atoms with Crippen molar-refractivity contribution in [2.45, 2.75) is 98.7 Å². The number of thioether (sulfide) groups is 2. The third kappa shape index (κ3) is 8.34. The molecule has 2 N–H and O–H groups in total. The minimum absolute atomic E-state index is 0.159. The zero-order valence-corrected chi connectivity index (χ0v) is 21.7. The SMILES string of the molecule is CCCCC[C@H](O)/C=C/[C@@H]1[C@H]2CC(CCCCC(=O)Oc3ccc(SC)cc3)S[C@@H]2C[C@H]1O. The average molecular weight is 493 g/mol. The van der Waals surface area contributed by atoms with E-state index >= 15 is 0 Å². The highest BCUT2D eigenvalue weighted by Gasteiger charge is 2.47. The minimum Gasteiger partial charge on any atom is -0.427 e. The van der Waals surface area contributed by atoms with E-state index in [2.05, 4.69) is 13.0 Å². The van der Waals surface area contributed by atoms with Crippen molar-refractivity contribution in [2.75, 3.05) is 6.26 Å². The minimum atomic E-state index is -0.393. The van der Waals surface area contributed by atoms with Crippen LogP contribution < -0.4 is 4.74 Å². The number of rotatable bonds is 13. The number of carbonyl (C=O) groups is 1. The summed E-state index contributed by atoms with van der Waals surface area (Å²) in [6.45, 7) is 2.17. The van der Waals surface area contributed by atoms with Crippen molar-refractivity contribution in [1.29, 1.82) is 0 Å². The van der Waals surface area contributed by atoms with E-state index in [0.29, 0.717) is 28.6 Å². The Morgan fingerprint density at radius 3 is 2.73 bits per heavy atom. The van der Waals surface area contributed by atoms with Crippen LogP contribution >= 0.6 is 23.5 Å². The molecule has 2 aliphatic rings. The highest BCUT2D eigenvalue weighted by atomic mass is 32.2. The Bertz CT molecular complexity index is 751. The smallest absolute Gasteiger partial charge is 0.311 e. The number of ether oxygens (including phenoxy) is 1. The summed E-state index contributed by atoms with van der Waals surface area (Å²) in [7, 11) is 0. The normalized spacial score (nSPS) is 27.7. The first-order chi connectivity index (χ1) is 16.0. The van der Waals surface area contributed by atoms with Gasteiger partial charge in [0.05, 0.1) is 12.2 Å². The largest absolute Gasteiger partial charge is 0.427 e. The van der Waals surface area contributed by atoms with Gasteiger partial charge in [-0.1, -0.05) is 44.8 Å². The molecule has 0 amide bonds. The van der Waals surface area contributed by atoms with Crippen LogP contribution in [0.15, 0.2) is 41.3 Å². The van der Waals surface area contributed by atoms with Crippen molar-refractivity contribution in [3.8, 4) is 5.75 Å². The second-order valence-corrected chi connectivity index (χ2v) is 11.8. The van der Waals surface area contributed by atoms with Crippen molar-refractivity contribution >= 4 is 29.5 Å². The second kappa shape index (κ2) is 13.8. The number of benzene rings is 1. The summed E-state index contributed by atoms with van der Waals surface area (Å²) >= 11 is 3.70. The Balaban J connectivity index is 1.35. The molecule has 0 radical (unpaired) electrons. The number of fused-ring (bicyclic) bond motifs is 1. The van der Waals surface area contributed by atoms with E-state index in [4.69, 9.17) is 4.74 Å². The first-order valence-electron chi connectivity index (χ1n) is 12.5. The van der Waals surface area contributed by atoms with E-state index in [-0.39, 0.29) is 18.0 Å². The molecule has 1 saturated carbocycles. The molecule has 1 unspecified atom stereocenters. The summed E-state index contributed by atoms with van der Waals surface area (Å²) in [5.74, 6) is 1.13. The van der Waals surface area contributed by atoms with Gasteiger partial charge in [0.2, 0.25) is 0 Å². The average Bonchev–Trinajstić information content (AvgIpc) is 3.32. The molecular weight excluding hydrogens is 452 g/mol. The Morgan fingerprint density at radius 1 is 1.21 bits per heavy atom. The molecule has 0 bridgehead atoms. The van der Waals surface area contributed by atoms with Gasteiger partial charge >= 0.3 is 5.97 Å². The highest BCUT2D eigenvalue weighted by molar-refractivity contribution is 8.00. The standard InChI is InChI=1S/C27H40O4S2/c1-3-4-5-8-19(28)11-16-23-24-17-22(33-26(24)18-25(23)29)9-6-7-10-27(30)31-20-12-14-21(32-2)15-13-20/h11-16,19,22-26,28-29H,3-10,17-18H2,1-2H3/b16-11+/t19-,22?,23+,24+,25+,26+/m0/s1. The van der Waals surface area contributed by atoms with Crippen molar-refractivity contribution < 1.29 is 19.7 Å². The maximum absolute atomic E-state index is 12.1. The fourth-order valence-electron chi connectivity index (χ4n) is 5.06. The lowest BCUT2D eigenvalue weighted by Crippen LogP contribution is -2.19. The molecule has 0 spiro atoms. The Labute approximate surface area is 208 Å². The maximum atomic E-state index is 12.1. The molecule has 184 valence electrons. The van der Waals surface area contributed by atoms with Gasteiger partial charge in [-0.15, -0.1) is 11.8 Å². The fraction of sp³-hybridized carbons (Fsp3) is 0.667. The molecule has 6 atom stereocenters. The molecule has 3 rings (SSSR count). The Morgan fingerprint density at radius 2 is 2.00 bits per heavy atom. The molecule has 1 aromatic rings. The first-order valence-corrected chi connectivity index (χ1v) is 14.7. The first kappa shape index (κ1) is 26.7. The van der Waals surface area contributed by atoms with Crippen molar-refractivity contribution in [1.82, 2.24) is 0 Å². The van der Waals surface area contributed by atoms with Crippen LogP contribution in [-0.2, 0) is 4.79 Å². The van der Waals surface area contributed by atoms with Crippen molar-refractivity contribution in [2.24, 2.45) is 11.8 Å². The summed E-state index contributed by atoms with van der Waals surface area (Å²) in [5.41, 5.74) is 0. The van der Waals surface area contributed by atoms with E-state index in [9.17, 15) is 15.0 Å². The lowest BCUT2D eigenvalue weighted by Gasteiger charge is -2.18. The van der Waals surface area contributed by atoms with Gasteiger partial charge in [-0.05, 0) is 68.5 Å². The van der Waals surface area contributed by atoms with Gasteiger partial charge in [0, 0.05) is 27.7 Å². The number of esters is 1. The summed E-state index contributed by atoms with van der Waals surface area (Å²) in [4.78, 5) is 13.3. The van der Waals surface area contributed by atoms with Gasteiger partial charge in [0.1, 0.15) is 5.75 Å².